The Bertz CT molecular complexity index is 1290. The highest BCUT2D eigenvalue weighted by Crippen LogP contribution is 2.24. The number of hydrazine groups is 1. The van der Waals surface area contributed by atoms with E-state index in [-0.39, 0.29) is 11.0 Å². The minimum Gasteiger partial charge on any atom is -0.492 e. The number of benzene rings is 4. The van der Waals surface area contributed by atoms with Gasteiger partial charge in [0.25, 0.3) is 5.91 Å². The van der Waals surface area contributed by atoms with Gasteiger partial charge >= 0.3 is 0 Å². The largest absolute Gasteiger partial charge is 0.492 e. The molecule has 0 aliphatic heterocycles. The monoisotopic (exact) mass is 509 g/mol. The number of hydrogen-bond donors (Lipinski definition) is 3. The van der Waals surface area contributed by atoms with Crippen LogP contribution in [0.1, 0.15) is 33.0 Å². The summed E-state index contributed by atoms with van der Waals surface area (Å²) < 4.78 is 5.88. The van der Waals surface area contributed by atoms with Crippen LogP contribution in [0.15, 0.2) is 115 Å². The molecule has 0 saturated carbocycles. The van der Waals surface area contributed by atoms with Gasteiger partial charge in [0.05, 0.1) is 18.1 Å². The normalized spacial score (nSPS) is 10.4. The van der Waals surface area contributed by atoms with Crippen LogP contribution < -0.4 is 20.9 Å². The third kappa shape index (κ3) is 7.25. The van der Waals surface area contributed by atoms with Gasteiger partial charge in [-0.15, -0.1) is 0 Å². The van der Waals surface area contributed by atoms with Gasteiger partial charge in [0, 0.05) is 6.42 Å². The Morgan fingerprint density at radius 3 is 1.86 bits per heavy atom. The highest BCUT2D eigenvalue weighted by molar-refractivity contribution is 7.80. The number of nitrogens with one attached hydrogen (secondary N) is 3. The van der Waals surface area contributed by atoms with Crippen LogP contribution in [0.5, 0.6) is 5.75 Å². The molecule has 0 heterocycles. The van der Waals surface area contributed by atoms with Crippen LogP contribution in [0, 0.1) is 0 Å². The van der Waals surface area contributed by atoms with Gasteiger partial charge in [-0.05, 0) is 41.0 Å². The van der Waals surface area contributed by atoms with Crippen molar-refractivity contribution in [2.75, 3.05) is 6.61 Å². The number of hydrogen-bond acceptors (Lipinski definition) is 4. The summed E-state index contributed by atoms with van der Waals surface area (Å²) in [5.41, 5.74) is 8.44. The molecule has 0 radical (unpaired) electrons. The first-order chi connectivity index (χ1) is 18.1. The van der Waals surface area contributed by atoms with Crippen molar-refractivity contribution in [2.45, 2.75) is 12.3 Å². The standard InChI is InChI=1S/C30H27N3O3S/c34-28(25-18-10-11-19-26(25)36-21-20-22-12-4-1-5-13-22)31-30(37)33-32-29(35)27(23-14-6-2-7-15-23)24-16-8-3-9-17-24/h1-19,27H,20-21H2,(H,32,35)(H2,31,33,34,37). The molecule has 4 rings (SSSR count). The molecular formula is C30H27N3O3S. The molecule has 0 fully saturated rings. The summed E-state index contributed by atoms with van der Waals surface area (Å²) in [7, 11) is 0. The number of thiocarbonyl (C=S) groups is 1. The van der Waals surface area contributed by atoms with Gasteiger partial charge in [-0.25, -0.2) is 0 Å². The lowest BCUT2D eigenvalue weighted by molar-refractivity contribution is -0.122. The zero-order chi connectivity index (χ0) is 25.9. The van der Waals surface area contributed by atoms with Crippen LogP contribution in [0.3, 0.4) is 0 Å². The van der Waals surface area contributed by atoms with Crippen molar-refractivity contribution in [1.29, 1.82) is 0 Å². The summed E-state index contributed by atoms with van der Waals surface area (Å²) in [5, 5.41) is 2.57. The molecule has 0 aliphatic carbocycles. The summed E-state index contributed by atoms with van der Waals surface area (Å²) in [6.07, 6.45) is 0.715. The second kappa shape index (κ2) is 13.0. The molecule has 186 valence electrons. The predicted octanol–water partition coefficient (Wildman–Crippen LogP) is 4.78. The van der Waals surface area contributed by atoms with Crippen LogP contribution in [0.25, 0.3) is 0 Å². The second-order valence-electron chi connectivity index (χ2n) is 8.23. The van der Waals surface area contributed by atoms with E-state index in [1.165, 1.54) is 0 Å². The Labute approximate surface area is 221 Å². The molecule has 7 heteroatoms. The summed E-state index contributed by atoms with van der Waals surface area (Å²) in [6, 6.07) is 35.9. The molecule has 3 N–H and O–H groups in total. The first-order valence-corrected chi connectivity index (χ1v) is 12.3. The van der Waals surface area contributed by atoms with Crippen molar-refractivity contribution in [3.8, 4) is 5.75 Å². The summed E-state index contributed by atoms with van der Waals surface area (Å²) in [5.74, 6) is -0.841. The van der Waals surface area contributed by atoms with E-state index >= 15 is 0 Å². The van der Waals surface area contributed by atoms with E-state index in [4.69, 9.17) is 17.0 Å². The molecular weight excluding hydrogens is 482 g/mol. The average molecular weight is 510 g/mol. The minimum absolute atomic E-state index is 0.0303. The SMILES string of the molecule is O=C(NC(=S)NNC(=O)C(c1ccccc1)c1ccccc1)c1ccccc1OCCc1ccccc1. The van der Waals surface area contributed by atoms with Crippen molar-refractivity contribution in [3.63, 3.8) is 0 Å². The van der Waals surface area contributed by atoms with Gasteiger partial charge in [0.2, 0.25) is 5.91 Å². The third-order valence-corrected chi connectivity index (χ3v) is 5.88. The summed E-state index contributed by atoms with van der Waals surface area (Å²) >= 11 is 5.26. The Kier molecular flexibility index (Phi) is 8.99. The molecule has 0 saturated heterocycles. The third-order valence-electron chi connectivity index (χ3n) is 5.68. The van der Waals surface area contributed by atoms with Gasteiger partial charge in [0.15, 0.2) is 5.11 Å². The van der Waals surface area contributed by atoms with E-state index in [1.54, 1.807) is 24.3 Å². The number of carbonyl (C=O) groups is 2. The van der Waals surface area contributed by atoms with Gasteiger partial charge < -0.3 is 4.74 Å². The molecule has 0 aromatic heterocycles. The van der Waals surface area contributed by atoms with Crippen molar-refractivity contribution in [1.82, 2.24) is 16.2 Å². The Morgan fingerprint density at radius 1 is 0.703 bits per heavy atom. The van der Waals surface area contributed by atoms with Crippen molar-refractivity contribution in [3.05, 3.63) is 138 Å². The van der Waals surface area contributed by atoms with Crippen LogP contribution in [0.2, 0.25) is 0 Å². The van der Waals surface area contributed by atoms with E-state index in [2.05, 4.69) is 16.2 Å². The van der Waals surface area contributed by atoms with E-state index in [0.29, 0.717) is 24.3 Å². The van der Waals surface area contributed by atoms with Gasteiger partial charge in [-0.1, -0.05) is 103 Å². The molecule has 4 aromatic carbocycles. The Hall–Kier alpha value is -4.49. The highest BCUT2D eigenvalue weighted by atomic mass is 32.1. The van der Waals surface area contributed by atoms with Crippen LogP contribution >= 0.6 is 12.2 Å². The van der Waals surface area contributed by atoms with E-state index in [9.17, 15) is 9.59 Å². The predicted molar refractivity (Wildman–Crippen MR) is 148 cm³/mol. The van der Waals surface area contributed by atoms with E-state index in [1.807, 2.05) is 91.0 Å². The fourth-order valence-corrected chi connectivity index (χ4v) is 4.03. The molecule has 4 aromatic rings. The van der Waals surface area contributed by atoms with E-state index in [0.717, 1.165) is 16.7 Å². The number of amides is 2. The van der Waals surface area contributed by atoms with Crippen LogP contribution in [-0.2, 0) is 11.2 Å². The maximum absolute atomic E-state index is 13.1. The number of ether oxygens (including phenoxy) is 1. The number of carbonyl (C=O) groups excluding carboxylic acids is 2. The van der Waals surface area contributed by atoms with E-state index < -0.39 is 11.8 Å². The maximum Gasteiger partial charge on any atom is 0.261 e. The molecule has 0 unspecified atom stereocenters. The van der Waals surface area contributed by atoms with Gasteiger partial charge in [0.1, 0.15) is 5.75 Å². The van der Waals surface area contributed by atoms with Crippen molar-refractivity contribution in [2.24, 2.45) is 0 Å². The van der Waals surface area contributed by atoms with Gasteiger partial charge in [-0.2, -0.15) is 0 Å². The Morgan fingerprint density at radius 2 is 1.24 bits per heavy atom. The summed E-state index contributed by atoms with van der Waals surface area (Å²) in [4.78, 5) is 26.0. The van der Waals surface area contributed by atoms with Crippen molar-refractivity contribution < 1.29 is 14.3 Å². The maximum atomic E-state index is 13.1. The fourth-order valence-electron chi connectivity index (χ4n) is 3.88. The van der Waals surface area contributed by atoms with Gasteiger partial charge in [-0.3, -0.25) is 25.8 Å². The molecule has 0 atom stereocenters. The lowest BCUT2D eigenvalue weighted by Crippen LogP contribution is -2.49. The molecule has 0 aliphatic rings. The quantitative estimate of drug-likeness (QED) is 0.235. The number of rotatable bonds is 8. The topological polar surface area (TPSA) is 79.5 Å². The summed E-state index contributed by atoms with van der Waals surface area (Å²) in [6.45, 7) is 0.424. The fraction of sp³-hybridized carbons (Fsp3) is 0.100. The molecule has 6 nitrogen and oxygen atoms in total. The molecule has 0 spiro atoms. The Balaban J connectivity index is 1.35. The molecule has 2 amide bonds. The lowest BCUT2D eigenvalue weighted by Gasteiger charge is -2.19. The first-order valence-electron chi connectivity index (χ1n) is 11.9. The molecule has 0 bridgehead atoms. The second-order valence-corrected chi connectivity index (χ2v) is 8.64. The lowest BCUT2D eigenvalue weighted by atomic mass is 9.91. The zero-order valence-electron chi connectivity index (χ0n) is 20.1. The van der Waals surface area contributed by atoms with Crippen molar-refractivity contribution >= 4 is 29.1 Å². The minimum atomic E-state index is -0.549. The number of para-hydroxylation sites is 1. The smallest absolute Gasteiger partial charge is 0.261 e. The van der Waals surface area contributed by atoms with Crippen LogP contribution in [0.4, 0.5) is 0 Å². The first kappa shape index (κ1) is 25.6. The highest BCUT2D eigenvalue weighted by Gasteiger charge is 2.23. The van der Waals surface area contributed by atoms with Crippen LogP contribution in [-0.4, -0.2) is 23.5 Å². The average Bonchev–Trinajstić information content (AvgIpc) is 2.94. The molecule has 37 heavy (non-hydrogen) atoms. The zero-order valence-corrected chi connectivity index (χ0v) is 20.9.